The van der Waals surface area contributed by atoms with E-state index in [-0.39, 0.29) is 25.0 Å². The zero-order valence-corrected chi connectivity index (χ0v) is 7.52. The summed E-state index contributed by atoms with van der Waals surface area (Å²) in [4.78, 5) is 23.1. The van der Waals surface area contributed by atoms with Crippen LogP contribution in [0.1, 0.15) is 13.3 Å². The zero-order chi connectivity index (χ0) is 9.84. The number of ether oxygens (including phenoxy) is 1. The van der Waals surface area contributed by atoms with Crippen molar-refractivity contribution < 1.29 is 19.4 Å². The third-order valence-corrected chi connectivity index (χ3v) is 2.07. The fourth-order valence-electron chi connectivity index (χ4n) is 1.33. The lowest BCUT2D eigenvalue weighted by Gasteiger charge is -2.30. The number of rotatable bonds is 3. The maximum Gasteiger partial charge on any atom is 0.320 e. The number of hydrogen-bond acceptors (Lipinski definition) is 4. The highest BCUT2D eigenvalue weighted by Gasteiger charge is 2.23. The smallest absolute Gasteiger partial charge is 0.320 e. The third-order valence-electron chi connectivity index (χ3n) is 2.07. The van der Waals surface area contributed by atoms with Gasteiger partial charge in [-0.2, -0.15) is 0 Å². The number of carboxylic acid groups (broad SMARTS) is 1. The molecule has 1 atom stereocenters. The molecule has 0 aromatic heterocycles. The van der Waals surface area contributed by atoms with E-state index in [1.807, 2.05) is 4.90 Å². The molecule has 0 saturated carbocycles. The molecule has 1 N–H and O–H groups in total. The number of cyclic esters (lactones) is 1. The van der Waals surface area contributed by atoms with Crippen molar-refractivity contribution in [3.05, 3.63) is 0 Å². The Morgan fingerprint density at radius 2 is 2.46 bits per heavy atom. The monoisotopic (exact) mass is 187 g/mol. The van der Waals surface area contributed by atoms with Gasteiger partial charge in [-0.25, -0.2) is 0 Å². The van der Waals surface area contributed by atoms with E-state index in [1.165, 1.54) is 0 Å². The Hall–Kier alpha value is -1.10. The first kappa shape index (κ1) is 9.98. The van der Waals surface area contributed by atoms with Crippen molar-refractivity contribution in [3.8, 4) is 0 Å². The van der Waals surface area contributed by atoms with E-state index in [0.29, 0.717) is 13.2 Å². The summed E-state index contributed by atoms with van der Waals surface area (Å²) < 4.78 is 4.74. The summed E-state index contributed by atoms with van der Waals surface area (Å²) in [5.74, 6) is -1.12. The van der Waals surface area contributed by atoms with Crippen LogP contribution in [0.5, 0.6) is 0 Å². The van der Waals surface area contributed by atoms with Crippen molar-refractivity contribution in [2.24, 2.45) is 0 Å². The van der Waals surface area contributed by atoms with Crippen LogP contribution in [0.4, 0.5) is 0 Å². The number of carbonyl (C=O) groups excluding carboxylic acids is 1. The summed E-state index contributed by atoms with van der Waals surface area (Å²) in [6, 6.07) is -0.106. The molecule has 1 unspecified atom stereocenters. The van der Waals surface area contributed by atoms with Crippen molar-refractivity contribution in [1.29, 1.82) is 0 Å². The van der Waals surface area contributed by atoms with E-state index in [4.69, 9.17) is 9.84 Å². The molecule has 0 aromatic carbocycles. The minimum atomic E-state index is -0.841. The van der Waals surface area contributed by atoms with Gasteiger partial charge in [0, 0.05) is 12.6 Å². The molecule has 0 spiro atoms. The van der Waals surface area contributed by atoms with Gasteiger partial charge in [-0.1, -0.05) is 0 Å². The van der Waals surface area contributed by atoms with Gasteiger partial charge in [0.25, 0.3) is 0 Å². The Kier molecular flexibility index (Phi) is 3.25. The summed E-state index contributed by atoms with van der Waals surface area (Å²) in [7, 11) is 0. The van der Waals surface area contributed by atoms with Crippen LogP contribution >= 0.6 is 0 Å². The second-order valence-electron chi connectivity index (χ2n) is 3.14. The third kappa shape index (κ3) is 3.02. The lowest BCUT2D eigenvalue weighted by Crippen LogP contribution is -2.45. The fraction of sp³-hybridized carbons (Fsp3) is 0.750. The summed E-state index contributed by atoms with van der Waals surface area (Å²) in [5.41, 5.74) is 0. The van der Waals surface area contributed by atoms with Crippen molar-refractivity contribution in [2.75, 3.05) is 19.7 Å². The first-order valence-electron chi connectivity index (χ1n) is 4.21. The van der Waals surface area contributed by atoms with Gasteiger partial charge in [0.1, 0.15) is 6.61 Å². The molecule has 74 valence electrons. The number of hydrogen-bond donors (Lipinski definition) is 1. The minimum Gasteiger partial charge on any atom is -0.481 e. The topological polar surface area (TPSA) is 66.8 Å². The van der Waals surface area contributed by atoms with Crippen LogP contribution < -0.4 is 0 Å². The van der Waals surface area contributed by atoms with Gasteiger partial charge in [0.2, 0.25) is 0 Å². The molecule has 1 saturated heterocycles. The van der Waals surface area contributed by atoms with Gasteiger partial charge < -0.3 is 9.84 Å². The van der Waals surface area contributed by atoms with Gasteiger partial charge in [0.15, 0.2) is 0 Å². The molecule has 13 heavy (non-hydrogen) atoms. The fourth-order valence-corrected chi connectivity index (χ4v) is 1.33. The highest BCUT2D eigenvalue weighted by molar-refractivity contribution is 5.72. The average molecular weight is 187 g/mol. The summed E-state index contributed by atoms with van der Waals surface area (Å²) in [6.45, 7) is 2.99. The van der Waals surface area contributed by atoms with Crippen LogP contribution in [-0.2, 0) is 14.3 Å². The van der Waals surface area contributed by atoms with Crippen LogP contribution in [0.15, 0.2) is 0 Å². The van der Waals surface area contributed by atoms with Crippen LogP contribution in [0.3, 0.4) is 0 Å². The Labute approximate surface area is 76.3 Å². The molecule has 0 radical (unpaired) electrons. The molecular formula is C8H13NO4. The van der Waals surface area contributed by atoms with Gasteiger partial charge in [-0.15, -0.1) is 0 Å². The second-order valence-corrected chi connectivity index (χ2v) is 3.14. The minimum absolute atomic E-state index is 0.0628. The predicted octanol–water partition coefficient (Wildman–Crippen LogP) is -0.292. The van der Waals surface area contributed by atoms with Crippen LogP contribution in [0, 0.1) is 0 Å². The average Bonchev–Trinajstić information content (AvgIpc) is 2.03. The second kappa shape index (κ2) is 4.23. The summed E-state index contributed by atoms with van der Waals surface area (Å²) >= 11 is 0. The Balaban J connectivity index is 2.41. The lowest BCUT2D eigenvalue weighted by molar-refractivity contribution is -0.153. The highest BCUT2D eigenvalue weighted by atomic mass is 16.5. The predicted molar refractivity (Wildman–Crippen MR) is 44.2 cm³/mol. The maximum atomic E-state index is 10.9. The van der Waals surface area contributed by atoms with E-state index < -0.39 is 5.97 Å². The largest absolute Gasteiger partial charge is 0.481 e. The van der Waals surface area contributed by atoms with E-state index in [9.17, 15) is 9.59 Å². The Morgan fingerprint density at radius 1 is 1.77 bits per heavy atom. The van der Waals surface area contributed by atoms with Crippen molar-refractivity contribution in [1.82, 2.24) is 4.90 Å². The lowest BCUT2D eigenvalue weighted by atomic mass is 10.2. The molecule has 1 aliphatic rings. The Morgan fingerprint density at radius 3 is 3.00 bits per heavy atom. The molecule has 1 rings (SSSR count). The van der Waals surface area contributed by atoms with Gasteiger partial charge in [-0.3, -0.25) is 14.5 Å². The number of morpholine rings is 1. The normalized spacial score (nSPS) is 20.8. The zero-order valence-electron chi connectivity index (χ0n) is 7.52. The van der Waals surface area contributed by atoms with Crippen LogP contribution in [0.2, 0.25) is 0 Å². The highest BCUT2D eigenvalue weighted by Crippen LogP contribution is 2.07. The van der Waals surface area contributed by atoms with Crippen molar-refractivity contribution in [2.45, 2.75) is 19.4 Å². The van der Waals surface area contributed by atoms with Crippen LogP contribution in [0.25, 0.3) is 0 Å². The van der Waals surface area contributed by atoms with Crippen molar-refractivity contribution in [3.63, 3.8) is 0 Å². The Bertz CT molecular complexity index is 216. The first-order chi connectivity index (χ1) is 6.09. The standard InChI is InChI=1S/C8H13NO4/c1-6(4-7(10)11)9-2-3-13-8(12)5-9/h6H,2-5H2,1H3,(H,10,11). The van der Waals surface area contributed by atoms with Crippen molar-refractivity contribution >= 4 is 11.9 Å². The number of aliphatic carboxylic acids is 1. The van der Waals surface area contributed by atoms with E-state index in [1.54, 1.807) is 6.92 Å². The van der Waals surface area contributed by atoms with E-state index >= 15 is 0 Å². The molecule has 0 amide bonds. The molecule has 0 bridgehead atoms. The van der Waals surface area contributed by atoms with Gasteiger partial charge in [0.05, 0.1) is 13.0 Å². The molecule has 0 aliphatic carbocycles. The maximum absolute atomic E-state index is 10.9. The molecule has 5 heteroatoms. The number of nitrogens with zero attached hydrogens (tertiary/aromatic N) is 1. The molecule has 1 aliphatic heterocycles. The SMILES string of the molecule is CC(CC(=O)O)N1CCOC(=O)C1. The molecular weight excluding hydrogens is 174 g/mol. The number of carbonyl (C=O) groups is 2. The van der Waals surface area contributed by atoms with Crippen LogP contribution in [-0.4, -0.2) is 47.7 Å². The van der Waals surface area contributed by atoms with Gasteiger partial charge in [-0.05, 0) is 6.92 Å². The van der Waals surface area contributed by atoms with Gasteiger partial charge >= 0.3 is 11.9 Å². The first-order valence-corrected chi connectivity index (χ1v) is 4.21. The number of carboxylic acids is 1. The molecule has 0 aromatic rings. The quantitative estimate of drug-likeness (QED) is 0.615. The summed E-state index contributed by atoms with van der Waals surface area (Å²) in [5, 5.41) is 8.54. The molecule has 1 fully saturated rings. The molecule has 1 heterocycles. The van der Waals surface area contributed by atoms with E-state index in [2.05, 4.69) is 0 Å². The molecule has 5 nitrogen and oxygen atoms in total. The van der Waals surface area contributed by atoms with E-state index in [0.717, 1.165) is 0 Å². The summed E-state index contributed by atoms with van der Waals surface area (Å²) in [6.07, 6.45) is 0.0628. The number of esters is 1.